The van der Waals surface area contributed by atoms with Crippen molar-refractivity contribution in [3.8, 4) is 5.75 Å². The number of aromatic nitrogens is 1. The van der Waals surface area contributed by atoms with Crippen molar-refractivity contribution in [1.82, 2.24) is 4.98 Å². The molecule has 1 heterocycles. The van der Waals surface area contributed by atoms with Gasteiger partial charge in [0.15, 0.2) is 5.75 Å². The molecule has 7 heteroatoms. The van der Waals surface area contributed by atoms with Crippen LogP contribution in [0.15, 0.2) is 60.8 Å². The first-order chi connectivity index (χ1) is 11.9. The van der Waals surface area contributed by atoms with Gasteiger partial charge >= 0.3 is 6.18 Å². The van der Waals surface area contributed by atoms with Crippen LogP contribution >= 0.6 is 0 Å². The molecular weight excluding hydrogens is 333 g/mol. The largest absolute Gasteiger partial charge is 0.418 e. The maximum absolute atomic E-state index is 13.3. The third-order valence-electron chi connectivity index (χ3n) is 3.50. The number of nitrogens with zero attached hydrogens (tertiary/aromatic N) is 2. The SMILES string of the molecule is CC(=O)N(Oc1cccc2cccnc12)c1ccccc1C(F)(F)F. The third-order valence-corrected chi connectivity index (χ3v) is 3.50. The van der Waals surface area contributed by atoms with Crippen molar-refractivity contribution in [2.75, 3.05) is 5.06 Å². The molecule has 0 fully saturated rings. The predicted octanol–water partition coefficient (Wildman–Crippen LogP) is 4.60. The number of fused-ring (bicyclic) bond motifs is 1. The number of hydrogen-bond donors (Lipinski definition) is 0. The second-order valence-electron chi connectivity index (χ2n) is 5.25. The maximum Gasteiger partial charge on any atom is 0.418 e. The number of alkyl halides is 3. The van der Waals surface area contributed by atoms with Crippen molar-refractivity contribution >= 4 is 22.5 Å². The Hall–Kier alpha value is -3.09. The Kier molecular flexibility index (Phi) is 4.31. The van der Waals surface area contributed by atoms with Gasteiger partial charge in [-0.1, -0.05) is 30.3 Å². The zero-order valence-electron chi connectivity index (χ0n) is 13.1. The van der Waals surface area contributed by atoms with Gasteiger partial charge in [0.2, 0.25) is 0 Å². The molecule has 0 radical (unpaired) electrons. The highest BCUT2D eigenvalue weighted by Gasteiger charge is 2.36. The van der Waals surface area contributed by atoms with Crippen molar-refractivity contribution < 1.29 is 22.8 Å². The number of carbonyl (C=O) groups is 1. The number of hydroxylamine groups is 1. The van der Waals surface area contributed by atoms with Crippen LogP contribution in [0.4, 0.5) is 18.9 Å². The average Bonchev–Trinajstić information content (AvgIpc) is 2.58. The zero-order chi connectivity index (χ0) is 18.0. The van der Waals surface area contributed by atoms with Gasteiger partial charge in [-0.15, -0.1) is 5.06 Å². The van der Waals surface area contributed by atoms with Gasteiger partial charge in [0.1, 0.15) is 5.52 Å². The van der Waals surface area contributed by atoms with Crippen molar-refractivity contribution in [3.05, 3.63) is 66.4 Å². The van der Waals surface area contributed by atoms with Crippen LogP contribution in [0.2, 0.25) is 0 Å². The summed E-state index contributed by atoms with van der Waals surface area (Å²) in [5.74, 6) is -0.505. The summed E-state index contributed by atoms with van der Waals surface area (Å²) < 4.78 is 39.8. The van der Waals surface area contributed by atoms with Gasteiger partial charge in [-0.25, -0.2) is 0 Å². The number of hydrogen-bond acceptors (Lipinski definition) is 3. The van der Waals surface area contributed by atoms with Crippen LogP contribution in [-0.2, 0) is 11.0 Å². The summed E-state index contributed by atoms with van der Waals surface area (Å²) in [4.78, 5) is 21.7. The van der Waals surface area contributed by atoms with E-state index in [-0.39, 0.29) is 11.4 Å². The highest BCUT2D eigenvalue weighted by molar-refractivity contribution is 5.92. The van der Waals surface area contributed by atoms with Gasteiger partial charge in [0.25, 0.3) is 5.91 Å². The minimum atomic E-state index is -4.62. The topological polar surface area (TPSA) is 42.4 Å². The molecule has 4 nitrogen and oxygen atoms in total. The molecule has 0 bridgehead atoms. The average molecular weight is 346 g/mol. The molecule has 0 aliphatic carbocycles. The smallest absolute Gasteiger partial charge is 0.370 e. The highest BCUT2D eigenvalue weighted by atomic mass is 19.4. The minimum absolute atomic E-state index is 0.185. The Morgan fingerprint density at radius 3 is 2.48 bits per heavy atom. The number of rotatable bonds is 3. The van der Waals surface area contributed by atoms with Gasteiger partial charge in [0.05, 0.1) is 11.3 Å². The molecule has 0 unspecified atom stereocenters. The standard InChI is InChI=1S/C18H13F3N2O2/c1-12(24)23(15-9-3-2-8-14(15)18(19,20)21)25-16-10-4-6-13-7-5-11-22-17(13)16/h2-11H,1H3. The molecule has 0 N–H and O–H groups in total. The Morgan fingerprint density at radius 2 is 1.76 bits per heavy atom. The third kappa shape index (κ3) is 3.40. The molecule has 3 rings (SSSR count). The van der Waals surface area contributed by atoms with Crippen molar-refractivity contribution in [3.63, 3.8) is 0 Å². The summed E-state index contributed by atoms with van der Waals surface area (Å²) in [7, 11) is 0. The summed E-state index contributed by atoms with van der Waals surface area (Å²) in [6, 6.07) is 13.3. The van der Waals surface area contributed by atoms with E-state index in [1.807, 2.05) is 0 Å². The summed E-state index contributed by atoms with van der Waals surface area (Å²) >= 11 is 0. The number of carbonyl (C=O) groups excluding carboxylic acids is 1. The molecule has 0 saturated carbocycles. The van der Waals surface area contributed by atoms with E-state index in [0.717, 1.165) is 18.4 Å². The van der Waals surface area contributed by atoms with Gasteiger partial charge in [-0.2, -0.15) is 13.2 Å². The number of amides is 1. The first-order valence-electron chi connectivity index (χ1n) is 7.36. The van der Waals surface area contributed by atoms with Gasteiger partial charge in [0, 0.05) is 18.5 Å². The van der Waals surface area contributed by atoms with E-state index in [9.17, 15) is 18.0 Å². The number of benzene rings is 2. The molecule has 1 aromatic heterocycles. The quantitative estimate of drug-likeness (QED) is 0.651. The van der Waals surface area contributed by atoms with Gasteiger partial charge in [-0.3, -0.25) is 9.78 Å². The fraction of sp³-hybridized carbons (Fsp3) is 0.111. The molecule has 1 amide bonds. The molecule has 3 aromatic rings. The summed E-state index contributed by atoms with van der Waals surface area (Å²) in [6.07, 6.45) is -3.08. The Balaban J connectivity index is 2.08. The lowest BCUT2D eigenvalue weighted by molar-refractivity contribution is -0.137. The monoisotopic (exact) mass is 346 g/mol. The Bertz CT molecular complexity index is 920. The zero-order valence-corrected chi connectivity index (χ0v) is 13.1. The van der Waals surface area contributed by atoms with Crippen LogP contribution in [0.1, 0.15) is 12.5 Å². The van der Waals surface area contributed by atoms with Crippen molar-refractivity contribution in [2.24, 2.45) is 0 Å². The maximum atomic E-state index is 13.3. The lowest BCUT2D eigenvalue weighted by atomic mass is 10.1. The number of pyridine rings is 1. The molecule has 2 aromatic carbocycles. The summed E-state index contributed by atoms with van der Waals surface area (Å²) in [6.45, 7) is 1.13. The minimum Gasteiger partial charge on any atom is -0.370 e. The van der Waals surface area contributed by atoms with Crippen LogP contribution in [0.5, 0.6) is 5.75 Å². The van der Waals surface area contributed by atoms with Crippen LogP contribution < -0.4 is 9.90 Å². The van der Waals surface area contributed by atoms with Crippen LogP contribution in [0, 0.1) is 0 Å². The van der Waals surface area contributed by atoms with E-state index >= 15 is 0 Å². The summed E-state index contributed by atoms with van der Waals surface area (Å²) in [5.41, 5.74) is -0.894. The van der Waals surface area contributed by atoms with Crippen LogP contribution in [0.25, 0.3) is 10.9 Å². The van der Waals surface area contributed by atoms with E-state index in [2.05, 4.69) is 4.98 Å². The molecule has 128 valence electrons. The Labute approximate surface area is 141 Å². The lowest BCUT2D eigenvalue weighted by Gasteiger charge is -2.24. The molecule has 0 aliphatic heterocycles. The molecular formula is C18H13F3N2O2. The fourth-order valence-electron chi connectivity index (χ4n) is 2.42. The van der Waals surface area contributed by atoms with E-state index < -0.39 is 17.6 Å². The fourth-order valence-corrected chi connectivity index (χ4v) is 2.42. The molecule has 0 aliphatic rings. The van der Waals surface area contributed by atoms with Crippen LogP contribution in [-0.4, -0.2) is 10.9 Å². The first-order valence-corrected chi connectivity index (χ1v) is 7.36. The summed E-state index contributed by atoms with van der Waals surface area (Å²) in [5, 5.41) is 1.37. The van der Waals surface area contributed by atoms with E-state index in [1.54, 1.807) is 30.3 Å². The van der Waals surface area contributed by atoms with E-state index in [0.29, 0.717) is 10.6 Å². The van der Waals surface area contributed by atoms with Crippen molar-refractivity contribution in [2.45, 2.75) is 13.1 Å². The van der Waals surface area contributed by atoms with Gasteiger partial charge in [-0.05, 0) is 24.3 Å². The van der Waals surface area contributed by atoms with Crippen molar-refractivity contribution in [1.29, 1.82) is 0 Å². The molecule has 0 spiro atoms. The van der Waals surface area contributed by atoms with E-state index in [4.69, 9.17) is 4.84 Å². The normalized spacial score (nSPS) is 11.4. The number of halogens is 3. The first kappa shape index (κ1) is 16.8. The Morgan fingerprint density at radius 1 is 1.04 bits per heavy atom. The predicted molar refractivity (Wildman–Crippen MR) is 87.0 cm³/mol. The molecule has 0 saturated heterocycles. The van der Waals surface area contributed by atoms with E-state index in [1.165, 1.54) is 24.4 Å². The van der Waals surface area contributed by atoms with Gasteiger partial charge < -0.3 is 4.84 Å². The number of para-hydroxylation sites is 2. The molecule has 0 atom stereocenters. The second kappa shape index (κ2) is 6.43. The molecule has 25 heavy (non-hydrogen) atoms. The lowest BCUT2D eigenvalue weighted by Crippen LogP contribution is -2.34. The van der Waals surface area contributed by atoms with Crippen LogP contribution in [0.3, 0.4) is 0 Å². The second-order valence-corrected chi connectivity index (χ2v) is 5.25. The highest BCUT2D eigenvalue weighted by Crippen LogP contribution is 2.37. The number of anilines is 1.